The molecule has 156 valence electrons. The molecule has 31 heavy (non-hydrogen) atoms. The Morgan fingerprint density at radius 1 is 1.10 bits per heavy atom. The van der Waals surface area contributed by atoms with Gasteiger partial charge in [-0.25, -0.2) is 8.78 Å². The Hall–Kier alpha value is -3.39. The zero-order valence-electron chi connectivity index (χ0n) is 16.1. The van der Waals surface area contributed by atoms with E-state index in [1.165, 1.54) is 6.20 Å². The highest BCUT2D eigenvalue weighted by Crippen LogP contribution is 2.42. The van der Waals surface area contributed by atoms with E-state index >= 15 is 0 Å². The summed E-state index contributed by atoms with van der Waals surface area (Å²) in [5.41, 5.74) is 0.858. The lowest BCUT2D eigenvalue weighted by atomic mass is 9.97. The number of ketones is 1. The lowest BCUT2D eigenvalue weighted by molar-refractivity contribution is -0.132. The minimum Gasteiger partial charge on any atom is -0.507 e. The van der Waals surface area contributed by atoms with Gasteiger partial charge in [0.15, 0.2) is 0 Å². The second-order valence-electron chi connectivity index (χ2n) is 6.98. The molecule has 8 heteroatoms. The fourth-order valence-electron chi connectivity index (χ4n) is 3.52. The molecule has 1 amide bonds. The highest BCUT2D eigenvalue weighted by molar-refractivity contribution is 9.10. The molecular formula is C23H15BrF2N2O3. The molecule has 1 atom stereocenters. The van der Waals surface area contributed by atoms with Crippen LogP contribution in [0.15, 0.2) is 70.8 Å². The maximum atomic E-state index is 14.6. The molecule has 1 saturated heterocycles. The third-order valence-electron chi connectivity index (χ3n) is 5.01. The van der Waals surface area contributed by atoms with Crippen LogP contribution in [0, 0.1) is 18.6 Å². The number of rotatable bonds is 3. The lowest BCUT2D eigenvalue weighted by Crippen LogP contribution is -2.30. The van der Waals surface area contributed by atoms with Gasteiger partial charge < -0.3 is 5.11 Å². The number of nitrogens with zero attached hydrogens (tertiary/aromatic N) is 2. The van der Waals surface area contributed by atoms with E-state index in [4.69, 9.17) is 0 Å². The number of amides is 1. The first kappa shape index (κ1) is 20.9. The van der Waals surface area contributed by atoms with E-state index in [0.717, 1.165) is 27.1 Å². The minimum absolute atomic E-state index is 0.228. The number of aryl methyl sites for hydroxylation is 1. The summed E-state index contributed by atoms with van der Waals surface area (Å²) in [7, 11) is 0. The second kappa shape index (κ2) is 8.03. The number of anilines is 1. The Morgan fingerprint density at radius 2 is 1.87 bits per heavy atom. The fourth-order valence-corrected chi connectivity index (χ4v) is 3.77. The number of pyridine rings is 1. The first-order chi connectivity index (χ1) is 14.8. The standard InChI is InChI=1S/C23H15BrF2N2O3/c1-12-10-13(5-7-15(12)24)21(29)19-20(17-4-2-3-9-27-17)28(23(31)22(19)30)18-8-6-14(25)11-16(18)26/h2-11,20,29H,1H3/b21-19+. The molecule has 2 aromatic carbocycles. The zero-order valence-corrected chi connectivity index (χ0v) is 17.7. The largest absolute Gasteiger partial charge is 0.507 e. The number of carbonyl (C=O) groups excluding carboxylic acids is 2. The maximum absolute atomic E-state index is 14.6. The van der Waals surface area contributed by atoms with Crippen LogP contribution in [0.3, 0.4) is 0 Å². The lowest BCUT2D eigenvalue weighted by Gasteiger charge is -2.25. The number of halogens is 3. The molecule has 0 bridgehead atoms. The van der Waals surface area contributed by atoms with Crippen molar-refractivity contribution in [1.29, 1.82) is 0 Å². The van der Waals surface area contributed by atoms with Crippen molar-refractivity contribution in [3.8, 4) is 0 Å². The van der Waals surface area contributed by atoms with Crippen LogP contribution >= 0.6 is 15.9 Å². The molecule has 2 heterocycles. The van der Waals surface area contributed by atoms with Crippen molar-refractivity contribution < 1.29 is 23.5 Å². The fraction of sp³-hybridized carbons (Fsp3) is 0.0870. The van der Waals surface area contributed by atoms with E-state index in [-0.39, 0.29) is 17.0 Å². The van der Waals surface area contributed by atoms with Crippen LogP contribution < -0.4 is 4.90 Å². The van der Waals surface area contributed by atoms with Crippen LogP contribution in [0.5, 0.6) is 0 Å². The predicted molar refractivity (Wildman–Crippen MR) is 114 cm³/mol. The number of carbonyl (C=O) groups is 2. The van der Waals surface area contributed by atoms with Crippen molar-refractivity contribution in [2.45, 2.75) is 13.0 Å². The second-order valence-corrected chi connectivity index (χ2v) is 7.84. The number of aromatic nitrogens is 1. The number of hydrogen-bond acceptors (Lipinski definition) is 4. The molecule has 0 spiro atoms. The van der Waals surface area contributed by atoms with Crippen molar-refractivity contribution in [3.63, 3.8) is 0 Å². The highest BCUT2D eigenvalue weighted by Gasteiger charge is 2.48. The van der Waals surface area contributed by atoms with Crippen LogP contribution in [-0.2, 0) is 9.59 Å². The third-order valence-corrected chi connectivity index (χ3v) is 5.90. The molecule has 0 radical (unpaired) electrons. The van der Waals surface area contributed by atoms with Crippen molar-refractivity contribution in [1.82, 2.24) is 4.98 Å². The molecule has 4 rings (SSSR count). The van der Waals surface area contributed by atoms with Crippen LogP contribution in [0.25, 0.3) is 5.76 Å². The molecule has 1 aromatic heterocycles. The predicted octanol–water partition coefficient (Wildman–Crippen LogP) is 5.06. The van der Waals surface area contributed by atoms with Gasteiger partial charge in [0.2, 0.25) is 0 Å². The Labute approximate surface area is 184 Å². The van der Waals surface area contributed by atoms with Crippen molar-refractivity contribution in [2.24, 2.45) is 0 Å². The van der Waals surface area contributed by atoms with Gasteiger partial charge in [-0.15, -0.1) is 0 Å². The Morgan fingerprint density at radius 3 is 2.52 bits per heavy atom. The summed E-state index contributed by atoms with van der Waals surface area (Å²) in [5, 5.41) is 11.0. The van der Waals surface area contributed by atoms with Gasteiger partial charge in [-0.05, 0) is 48.9 Å². The van der Waals surface area contributed by atoms with Crippen molar-refractivity contribution >= 4 is 39.1 Å². The van der Waals surface area contributed by atoms with Gasteiger partial charge in [0.05, 0.1) is 17.0 Å². The molecule has 0 saturated carbocycles. The number of Topliss-reactive ketones (excluding diaryl/α,β-unsaturated/α-hetero) is 1. The van der Waals surface area contributed by atoms with Crippen LogP contribution in [0.4, 0.5) is 14.5 Å². The summed E-state index contributed by atoms with van der Waals surface area (Å²) >= 11 is 3.38. The Balaban J connectivity index is 1.97. The third kappa shape index (κ3) is 3.63. The van der Waals surface area contributed by atoms with E-state index < -0.39 is 35.1 Å². The SMILES string of the molecule is Cc1cc(/C(O)=C2\C(=O)C(=O)N(c3ccc(F)cc3F)C2c2ccccn2)ccc1Br. The first-order valence-corrected chi connectivity index (χ1v) is 10.0. The first-order valence-electron chi connectivity index (χ1n) is 9.23. The maximum Gasteiger partial charge on any atom is 0.300 e. The molecule has 1 aliphatic heterocycles. The number of hydrogen-bond donors (Lipinski definition) is 1. The quantitative estimate of drug-likeness (QED) is 0.320. The summed E-state index contributed by atoms with van der Waals surface area (Å²) in [6.07, 6.45) is 1.46. The smallest absolute Gasteiger partial charge is 0.300 e. The molecule has 3 aromatic rings. The van der Waals surface area contributed by atoms with Crippen LogP contribution in [-0.4, -0.2) is 21.8 Å². The van der Waals surface area contributed by atoms with E-state index in [9.17, 15) is 23.5 Å². The Kier molecular flexibility index (Phi) is 5.41. The molecular weight excluding hydrogens is 470 g/mol. The van der Waals surface area contributed by atoms with Crippen LogP contribution in [0.2, 0.25) is 0 Å². The normalized spacial score (nSPS) is 17.9. The van der Waals surface area contributed by atoms with E-state index in [1.807, 2.05) is 6.92 Å². The van der Waals surface area contributed by atoms with E-state index in [2.05, 4.69) is 20.9 Å². The summed E-state index contributed by atoms with van der Waals surface area (Å²) in [6.45, 7) is 1.81. The minimum atomic E-state index is -1.19. The Bertz CT molecular complexity index is 1240. The molecule has 1 aliphatic rings. The highest BCUT2D eigenvalue weighted by atomic mass is 79.9. The van der Waals surface area contributed by atoms with Crippen molar-refractivity contribution in [2.75, 3.05) is 4.90 Å². The number of aliphatic hydroxyl groups is 1. The average molecular weight is 485 g/mol. The monoisotopic (exact) mass is 484 g/mol. The van der Waals surface area contributed by atoms with Crippen LogP contribution in [0.1, 0.15) is 22.9 Å². The van der Waals surface area contributed by atoms with E-state index in [0.29, 0.717) is 11.6 Å². The molecule has 1 fully saturated rings. The van der Waals surface area contributed by atoms with Gasteiger partial charge in [-0.1, -0.05) is 28.1 Å². The van der Waals surface area contributed by atoms with Gasteiger partial charge in [0.1, 0.15) is 23.4 Å². The van der Waals surface area contributed by atoms with Gasteiger partial charge in [-0.2, -0.15) is 0 Å². The summed E-state index contributed by atoms with van der Waals surface area (Å²) < 4.78 is 28.8. The molecule has 1 unspecified atom stereocenters. The number of aliphatic hydroxyl groups excluding tert-OH is 1. The molecule has 1 N–H and O–H groups in total. The average Bonchev–Trinajstić information content (AvgIpc) is 3.01. The molecule has 5 nitrogen and oxygen atoms in total. The number of benzene rings is 2. The summed E-state index contributed by atoms with van der Waals surface area (Å²) in [5.74, 6) is -4.27. The van der Waals surface area contributed by atoms with Gasteiger partial charge >= 0.3 is 0 Å². The van der Waals surface area contributed by atoms with Gasteiger partial charge in [0.25, 0.3) is 11.7 Å². The van der Waals surface area contributed by atoms with Gasteiger partial charge in [-0.3, -0.25) is 19.5 Å². The van der Waals surface area contributed by atoms with Crippen molar-refractivity contribution in [3.05, 3.63) is 99.3 Å². The van der Waals surface area contributed by atoms with Gasteiger partial charge in [0, 0.05) is 22.3 Å². The van der Waals surface area contributed by atoms with E-state index in [1.54, 1.807) is 36.4 Å². The zero-order chi connectivity index (χ0) is 22.3. The summed E-state index contributed by atoms with van der Waals surface area (Å²) in [4.78, 5) is 31.0. The molecule has 0 aliphatic carbocycles. The topological polar surface area (TPSA) is 70.5 Å². The summed E-state index contributed by atoms with van der Waals surface area (Å²) in [6, 6.07) is 11.3.